The summed E-state index contributed by atoms with van der Waals surface area (Å²) in [7, 11) is 0. The molecule has 2 aromatic carbocycles. The average molecular weight is 394 g/mol. The lowest BCUT2D eigenvalue weighted by atomic mass is 10.2. The molecule has 1 fully saturated rings. The Labute approximate surface area is 170 Å². The third-order valence-corrected chi connectivity index (χ3v) is 5.39. The number of aryl methyl sites for hydroxylation is 1. The number of nitrogens with zero attached hydrogens (tertiary/aromatic N) is 3. The summed E-state index contributed by atoms with van der Waals surface area (Å²) < 4.78 is 0. The fourth-order valence-corrected chi connectivity index (χ4v) is 3.61. The number of hydrogen-bond donors (Lipinski definition) is 2. The van der Waals surface area contributed by atoms with Gasteiger partial charge in [0.05, 0.1) is 0 Å². The average Bonchev–Trinajstić information content (AvgIpc) is 3.20. The summed E-state index contributed by atoms with van der Waals surface area (Å²) in [5.74, 6) is 1.30. The van der Waals surface area contributed by atoms with Crippen LogP contribution in [0.1, 0.15) is 24.1 Å². The number of anilines is 5. The van der Waals surface area contributed by atoms with E-state index in [1.807, 2.05) is 38.1 Å². The normalized spacial score (nSPS) is 13.6. The van der Waals surface area contributed by atoms with Crippen LogP contribution in [0.4, 0.5) is 28.8 Å². The van der Waals surface area contributed by atoms with E-state index in [0.717, 1.165) is 41.5 Å². The molecule has 0 aliphatic carbocycles. The molecule has 2 heterocycles. The summed E-state index contributed by atoms with van der Waals surface area (Å²) in [6.07, 6.45) is 2.56. The zero-order valence-electron chi connectivity index (χ0n) is 16.2. The molecule has 0 radical (unpaired) electrons. The van der Waals surface area contributed by atoms with Gasteiger partial charge < -0.3 is 15.5 Å². The molecule has 0 atom stereocenters. The molecule has 1 aliphatic rings. The van der Waals surface area contributed by atoms with Gasteiger partial charge in [-0.1, -0.05) is 17.7 Å². The molecule has 144 valence electrons. The molecule has 6 heteroatoms. The summed E-state index contributed by atoms with van der Waals surface area (Å²) in [5.41, 5.74) is 5.04. The minimum atomic E-state index is 0.543. The molecule has 1 saturated heterocycles. The summed E-state index contributed by atoms with van der Waals surface area (Å²) in [5, 5.41) is 7.37. The van der Waals surface area contributed by atoms with E-state index in [2.05, 4.69) is 49.8 Å². The van der Waals surface area contributed by atoms with E-state index in [1.165, 1.54) is 18.5 Å². The van der Waals surface area contributed by atoms with E-state index in [1.54, 1.807) is 0 Å². The van der Waals surface area contributed by atoms with Crippen LogP contribution in [-0.4, -0.2) is 23.1 Å². The number of benzene rings is 2. The molecule has 3 aromatic rings. The first-order valence-corrected chi connectivity index (χ1v) is 9.96. The molecule has 28 heavy (non-hydrogen) atoms. The number of nitrogens with one attached hydrogen (secondary N) is 2. The highest BCUT2D eigenvalue weighted by Gasteiger charge is 2.12. The number of aromatic nitrogens is 2. The molecular weight excluding hydrogens is 370 g/mol. The first-order valence-electron chi connectivity index (χ1n) is 9.58. The second-order valence-electron chi connectivity index (χ2n) is 7.12. The Morgan fingerprint density at radius 3 is 2.43 bits per heavy atom. The third kappa shape index (κ3) is 4.20. The van der Waals surface area contributed by atoms with Crippen LogP contribution in [0.15, 0.2) is 48.5 Å². The SMILES string of the molecule is Cc1cc(Nc2ccc(N3CCCC3)cc2)nc(Nc2cccc(Cl)c2C)n1. The van der Waals surface area contributed by atoms with Gasteiger partial charge in [0.15, 0.2) is 0 Å². The van der Waals surface area contributed by atoms with Crippen LogP contribution in [0.2, 0.25) is 5.02 Å². The van der Waals surface area contributed by atoms with Gasteiger partial charge in [-0.15, -0.1) is 0 Å². The van der Waals surface area contributed by atoms with E-state index in [9.17, 15) is 0 Å². The fraction of sp³-hybridized carbons (Fsp3) is 0.273. The molecular formula is C22H24ClN5. The maximum absolute atomic E-state index is 6.21. The highest BCUT2D eigenvalue weighted by molar-refractivity contribution is 6.31. The van der Waals surface area contributed by atoms with Crippen molar-refractivity contribution < 1.29 is 0 Å². The predicted octanol–water partition coefficient (Wildman–Crippen LogP) is 5.83. The minimum absolute atomic E-state index is 0.543. The van der Waals surface area contributed by atoms with Crippen molar-refractivity contribution >= 4 is 40.4 Å². The summed E-state index contributed by atoms with van der Waals surface area (Å²) in [6.45, 7) is 6.23. The highest BCUT2D eigenvalue weighted by atomic mass is 35.5. The molecule has 0 spiro atoms. The topological polar surface area (TPSA) is 53.1 Å². The Balaban J connectivity index is 1.51. The Morgan fingerprint density at radius 2 is 1.68 bits per heavy atom. The lowest BCUT2D eigenvalue weighted by Crippen LogP contribution is -2.17. The van der Waals surface area contributed by atoms with Crippen LogP contribution in [0.5, 0.6) is 0 Å². The molecule has 0 bridgehead atoms. The number of halogens is 1. The predicted molar refractivity (Wildman–Crippen MR) is 117 cm³/mol. The van der Waals surface area contributed by atoms with Crippen LogP contribution < -0.4 is 15.5 Å². The summed E-state index contributed by atoms with van der Waals surface area (Å²) >= 11 is 6.21. The standard InChI is InChI=1S/C22H24ClN5/c1-15-14-21(25-17-8-10-18(11-9-17)28-12-3-4-13-28)27-22(24-15)26-20-7-5-6-19(23)16(20)2/h5-11,14H,3-4,12-13H2,1-2H3,(H2,24,25,26,27). The van der Waals surface area contributed by atoms with Crippen molar-refractivity contribution in [2.75, 3.05) is 28.6 Å². The van der Waals surface area contributed by atoms with Crippen molar-refractivity contribution in [2.24, 2.45) is 0 Å². The van der Waals surface area contributed by atoms with Crippen LogP contribution in [-0.2, 0) is 0 Å². The summed E-state index contributed by atoms with van der Waals surface area (Å²) in [4.78, 5) is 11.5. The van der Waals surface area contributed by atoms with Crippen LogP contribution in [0.3, 0.4) is 0 Å². The van der Waals surface area contributed by atoms with Gasteiger partial charge in [-0.05, 0) is 68.7 Å². The lowest BCUT2D eigenvalue weighted by molar-refractivity contribution is 0.949. The van der Waals surface area contributed by atoms with Crippen molar-refractivity contribution in [1.29, 1.82) is 0 Å². The Hall–Kier alpha value is -2.79. The van der Waals surface area contributed by atoms with E-state index < -0.39 is 0 Å². The number of rotatable bonds is 5. The molecule has 4 rings (SSSR count). The van der Waals surface area contributed by atoms with Crippen molar-refractivity contribution in [3.8, 4) is 0 Å². The zero-order valence-corrected chi connectivity index (χ0v) is 16.9. The Kier molecular flexibility index (Phi) is 5.35. The number of hydrogen-bond acceptors (Lipinski definition) is 5. The van der Waals surface area contributed by atoms with Crippen LogP contribution in [0, 0.1) is 13.8 Å². The first-order chi connectivity index (χ1) is 13.6. The molecule has 1 aliphatic heterocycles. The monoisotopic (exact) mass is 393 g/mol. The van der Waals surface area contributed by atoms with Gasteiger partial charge in [-0.25, -0.2) is 4.98 Å². The van der Waals surface area contributed by atoms with Crippen LogP contribution >= 0.6 is 11.6 Å². The van der Waals surface area contributed by atoms with Gasteiger partial charge in [0.2, 0.25) is 5.95 Å². The van der Waals surface area contributed by atoms with E-state index >= 15 is 0 Å². The maximum Gasteiger partial charge on any atom is 0.229 e. The zero-order chi connectivity index (χ0) is 19.5. The maximum atomic E-state index is 6.21. The van der Waals surface area contributed by atoms with Gasteiger partial charge in [0, 0.05) is 46.9 Å². The second-order valence-corrected chi connectivity index (χ2v) is 7.53. The van der Waals surface area contributed by atoms with Gasteiger partial charge in [0.25, 0.3) is 0 Å². The van der Waals surface area contributed by atoms with E-state index in [0.29, 0.717) is 11.0 Å². The molecule has 2 N–H and O–H groups in total. The quantitative estimate of drug-likeness (QED) is 0.570. The van der Waals surface area contributed by atoms with Crippen molar-refractivity contribution in [1.82, 2.24) is 9.97 Å². The van der Waals surface area contributed by atoms with E-state index in [-0.39, 0.29) is 0 Å². The Morgan fingerprint density at radius 1 is 0.929 bits per heavy atom. The van der Waals surface area contributed by atoms with Gasteiger partial charge in [0.1, 0.15) is 5.82 Å². The van der Waals surface area contributed by atoms with E-state index in [4.69, 9.17) is 11.6 Å². The van der Waals surface area contributed by atoms with Crippen molar-refractivity contribution in [3.63, 3.8) is 0 Å². The van der Waals surface area contributed by atoms with Gasteiger partial charge in [-0.2, -0.15) is 4.98 Å². The molecule has 0 amide bonds. The fourth-order valence-electron chi connectivity index (χ4n) is 3.43. The first kappa shape index (κ1) is 18.6. The largest absolute Gasteiger partial charge is 0.372 e. The summed E-state index contributed by atoms with van der Waals surface area (Å²) in [6, 6.07) is 16.2. The smallest absolute Gasteiger partial charge is 0.229 e. The second kappa shape index (κ2) is 8.07. The van der Waals surface area contributed by atoms with Crippen LogP contribution in [0.25, 0.3) is 0 Å². The third-order valence-electron chi connectivity index (χ3n) is 4.98. The minimum Gasteiger partial charge on any atom is -0.372 e. The molecule has 5 nitrogen and oxygen atoms in total. The molecule has 0 unspecified atom stereocenters. The lowest BCUT2D eigenvalue weighted by Gasteiger charge is -2.18. The van der Waals surface area contributed by atoms with Crippen molar-refractivity contribution in [3.05, 3.63) is 64.8 Å². The Bertz CT molecular complexity index is 965. The molecule has 1 aromatic heterocycles. The van der Waals surface area contributed by atoms with Crippen molar-refractivity contribution in [2.45, 2.75) is 26.7 Å². The van der Waals surface area contributed by atoms with Gasteiger partial charge >= 0.3 is 0 Å². The highest BCUT2D eigenvalue weighted by Crippen LogP contribution is 2.27. The molecule has 0 saturated carbocycles. The van der Waals surface area contributed by atoms with Gasteiger partial charge in [-0.3, -0.25) is 0 Å².